The van der Waals surface area contributed by atoms with E-state index in [1.54, 1.807) is 0 Å². The third-order valence-electron chi connectivity index (χ3n) is 12.1. The van der Waals surface area contributed by atoms with Crippen LogP contribution in [0.3, 0.4) is 0 Å². The first-order valence-electron chi connectivity index (χ1n) is 20.0. The van der Waals surface area contributed by atoms with E-state index in [0.717, 1.165) is 28.6 Å². The van der Waals surface area contributed by atoms with Gasteiger partial charge in [-0.2, -0.15) is 0 Å². The summed E-state index contributed by atoms with van der Waals surface area (Å²) in [7, 11) is -4.85. The Morgan fingerprint density at radius 2 is 0.828 bits per heavy atom. The predicted molar refractivity (Wildman–Crippen MR) is 248 cm³/mol. The van der Waals surface area contributed by atoms with Crippen LogP contribution in [0, 0.1) is 0 Å². The molecule has 0 aliphatic carbocycles. The first-order valence-corrected chi connectivity index (χ1v) is 23.8. The summed E-state index contributed by atoms with van der Waals surface area (Å²) in [6.45, 7) is 0. The van der Waals surface area contributed by atoms with Gasteiger partial charge in [0.25, 0.3) is 0 Å². The second-order valence-electron chi connectivity index (χ2n) is 15.2. The first kappa shape index (κ1) is 34.3. The van der Waals surface area contributed by atoms with Crippen LogP contribution < -0.4 is 45.9 Å². The van der Waals surface area contributed by atoms with Crippen LogP contribution in [0.15, 0.2) is 231 Å². The molecule has 0 fully saturated rings. The standard InChI is InChI=1S/C54H39NOSi2/c1-5-19-39(20-6-1)45-35-33-42(37-46(45)40-21-7-2-8-22-40)55(41-23-9-3-10-24-41)43-34-36-54-50(38-43)57(44-25-11-4-12-26-44)49-29-15-18-32-53(49)58(54)51-30-16-13-27-47(51)56-48-28-14-17-31-52(48)58/h1-38,57H. The number of para-hydroxylation sites is 3. The summed E-state index contributed by atoms with van der Waals surface area (Å²) >= 11 is 0. The molecule has 9 aromatic rings. The van der Waals surface area contributed by atoms with E-state index < -0.39 is 16.9 Å². The molecule has 58 heavy (non-hydrogen) atoms. The Morgan fingerprint density at radius 3 is 1.48 bits per heavy atom. The minimum atomic E-state index is -2.85. The molecule has 0 radical (unpaired) electrons. The number of benzene rings is 9. The summed E-state index contributed by atoms with van der Waals surface area (Å²) in [6, 6.07) is 85.1. The van der Waals surface area contributed by atoms with Crippen LogP contribution in [0.5, 0.6) is 11.5 Å². The molecule has 0 amide bonds. The Balaban J connectivity index is 1.20. The lowest BCUT2D eigenvalue weighted by Crippen LogP contribution is -2.87. The third kappa shape index (κ3) is 5.45. The number of hydrogen-bond donors (Lipinski definition) is 0. The highest BCUT2D eigenvalue weighted by atomic mass is 28.3. The lowest BCUT2D eigenvalue weighted by molar-refractivity contribution is 0.487. The lowest BCUT2D eigenvalue weighted by atomic mass is 9.93. The Morgan fingerprint density at radius 1 is 0.345 bits per heavy atom. The van der Waals surface area contributed by atoms with E-state index in [0.29, 0.717) is 0 Å². The summed E-state index contributed by atoms with van der Waals surface area (Å²) in [5.41, 5.74) is 8.21. The van der Waals surface area contributed by atoms with E-state index >= 15 is 0 Å². The summed E-state index contributed by atoms with van der Waals surface area (Å²) in [5.74, 6) is 1.94. The van der Waals surface area contributed by atoms with Crippen molar-refractivity contribution in [3.8, 4) is 33.8 Å². The molecule has 2 aliphatic heterocycles. The highest BCUT2D eigenvalue weighted by Crippen LogP contribution is 2.41. The van der Waals surface area contributed by atoms with E-state index in [9.17, 15) is 0 Å². The van der Waals surface area contributed by atoms with Crippen LogP contribution in [0.4, 0.5) is 17.1 Å². The van der Waals surface area contributed by atoms with Crippen molar-refractivity contribution in [1.82, 2.24) is 0 Å². The molecular weight excluding hydrogens is 735 g/mol. The maximum Gasteiger partial charge on any atom is 0.188 e. The van der Waals surface area contributed by atoms with Crippen LogP contribution in [-0.2, 0) is 0 Å². The molecule has 0 bridgehead atoms. The average molecular weight is 774 g/mol. The number of anilines is 3. The van der Waals surface area contributed by atoms with Gasteiger partial charge in [0.05, 0.1) is 0 Å². The number of fused-ring (bicyclic) bond motifs is 8. The average Bonchev–Trinajstić information content (AvgIpc) is 3.30. The highest BCUT2D eigenvalue weighted by Gasteiger charge is 2.53. The number of hydrogen-bond acceptors (Lipinski definition) is 2. The van der Waals surface area contributed by atoms with Crippen molar-refractivity contribution < 1.29 is 4.74 Å². The van der Waals surface area contributed by atoms with Crippen molar-refractivity contribution >= 4 is 70.2 Å². The van der Waals surface area contributed by atoms with Crippen molar-refractivity contribution in [1.29, 1.82) is 0 Å². The van der Waals surface area contributed by atoms with E-state index in [1.807, 2.05) is 0 Å². The maximum atomic E-state index is 6.75. The van der Waals surface area contributed by atoms with Gasteiger partial charge in [-0.25, -0.2) is 0 Å². The normalized spacial score (nSPS) is 14.3. The van der Waals surface area contributed by atoms with Gasteiger partial charge in [0.1, 0.15) is 20.3 Å². The number of rotatable bonds is 6. The Bertz CT molecular complexity index is 2890. The highest BCUT2D eigenvalue weighted by molar-refractivity contribution is 7.27. The van der Waals surface area contributed by atoms with E-state index in [-0.39, 0.29) is 0 Å². The molecule has 0 saturated carbocycles. The molecule has 0 N–H and O–H groups in total. The molecule has 2 heterocycles. The second kappa shape index (κ2) is 14.2. The predicted octanol–water partition coefficient (Wildman–Crippen LogP) is 8.54. The lowest BCUT2D eigenvalue weighted by Gasteiger charge is -2.46. The Kier molecular flexibility index (Phi) is 8.39. The third-order valence-corrected chi connectivity index (χ3v) is 20.9. The molecule has 11 rings (SSSR count). The minimum absolute atomic E-state index is 0.968. The summed E-state index contributed by atoms with van der Waals surface area (Å²) in [4.78, 5) is 2.46. The van der Waals surface area contributed by atoms with Crippen molar-refractivity contribution in [2.75, 3.05) is 4.90 Å². The molecule has 4 heteroatoms. The second-order valence-corrected chi connectivity index (χ2v) is 21.6. The molecule has 1 unspecified atom stereocenters. The molecule has 2 nitrogen and oxygen atoms in total. The molecule has 2 aliphatic rings. The fourth-order valence-electron chi connectivity index (χ4n) is 9.67. The van der Waals surface area contributed by atoms with E-state index in [4.69, 9.17) is 4.74 Å². The molecular formula is C54H39NOSi2. The van der Waals surface area contributed by atoms with Gasteiger partial charge in [-0.1, -0.05) is 198 Å². The molecule has 0 aromatic heterocycles. The SMILES string of the molecule is c1ccc(-c2ccc(N(c3ccccc3)c3ccc4c(c3)[SiH](c3ccccc3)c3ccccc3[Si]43c4ccccc4Oc4ccccc43)cc2-c2ccccc2)cc1. The largest absolute Gasteiger partial charge is 0.458 e. The van der Waals surface area contributed by atoms with Crippen LogP contribution in [0.1, 0.15) is 0 Å². The van der Waals surface area contributed by atoms with Gasteiger partial charge in [-0.3, -0.25) is 0 Å². The number of nitrogens with zero attached hydrogens (tertiary/aromatic N) is 1. The van der Waals surface area contributed by atoms with Crippen LogP contribution in [-0.4, -0.2) is 16.9 Å². The minimum Gasteiger partial charge on any atom is -0.458 e. The smallest absolute Gasteiger partial charge is 0.188 e. The van der Waals surface area contributed by atoms with Gasteiger partial charge in [0, 0.05) is 17.1 Å². The Labute approximate surface area is 342 Å². The molecule has 1 spiro atoms. The monoisotopic (exact) mass is 773 g/mol. The molecule has 9 aromatic carbocycles. The Hall–Kier alpha value is -6.99. The quantitative estimate of drug-likeness (QED) is 0.157. The van der Waals surface area contributed by atoms with Crippen molar-refractivity contribution in [3.63, 3.8) is 0 Å². The zero-order valence-electron chi connectivity index (χ0n) is 31.9. The van der Waals surface area contributed by atoms with Gasteiger partial charge in [0.2, 0.25) is 0 Å². The maximum absolute atomic E-state index is 6.75. The van der Waals surface area contributed by atoms with Gasteiger partial charge in [0.15, 0.2) is 8.07 Å². The van der Waals surface area contributed by atoms with E-state index in [2.05, 4.69) is 235 Å². The summed E-state index contributed by atoms with van der Waals surface area (Å²) < 4.78 is 6.75. The van der Waals surface area contributed by atoms with Gasteiger partial charge in [-0.15, -0.1) is 0 Å². The summed E-state index contributed by atoms with van der Waals surface area (Å²) in [5, 5.41) is 10.0. The fourth-order valence-corrected chi connectivity index (χ4v) is 20.1. The topological polar surface area (TPSA) is 12.5 Å². The zero-order chi connectivity index (χ0) is 38.5. The molecule has 1 atom stereocenters. The van der Waals surface area contributed by atoms with Gasteiger partial charge in [-0.05, 0) is 91.5 Å². The van der Waals surface area contributed by atoms with Crippen molar-refractivity contribution in [2.45, 2.75) is 0 Å². The van der Waals surface area contributed by atoms with Crippen molar-refractivity contribution in [3.05, 3.63) is 231 Å². The van der Waals surface area contributed by atoms with Gasteiger partial charge < -0.3 is 9.64 Å². The van der Waals surface area contributed by atoms with Crippen LogP contribution in [0.2, 0.25) is 0 Å². The van der Waals surface area contributed by atoms with Gasteiger partial charge >= 0.3 is 0 Å². The zero-order valence-corrected chi connectivity index (χ0v) is 34.0. The van der Waals surface area contributed by atoms with Crippen LogP contribution in [0.25, 0.3) is 22.3 Å². The number of ether oxygens (including phenoxy) is 1. The summed E-state index contributed by atoms with van der Waals surface area (Å²) in [6.07, 6.45) is 0. The van der Waals surface area contributed by atoms with Crippen LogP contribution >= 0.6 is 0 Å². The molecule has 0 saturated heterocycles. The first-order chi connectivity index (χ1) is 28.8. The van der Waals surface area contributed by atoms with E-state index in [1.165, 1.54) is 58.6 Å². The van der Waals surface area contributed by atoms with Crippen molar-refractivity contribution in [2.24, 2.45) is 0 Å². The molecule has 274 valence electrons. The fraction of sp³-hybridized carbons (Fsp3) is 0.